The van der Waals surface area contributed by atoms with Gasteiger partial charge in [0.1, 0.15) is 5.75 Å². The molecule has 0 bridgehead atoms. The first-order valence-corrected chi connectivity index (χ1v) is 7.30. The van der Waals surface area contributed by atoms with Crippen molar-refractivity contribution in [3.63, 3.8) is 0 Å². The van der Waals surface area contributed by atoms with Gasteiger partial charge < -0.3 is 24.8 Å². The van der Waals surface area contributed by atoms with Crippen LogP contribution in [0.15, 0.2) is 18.2 Å². The number of nitrogens with zero attached hydrogens (tertiary/aromatic N) is 1. The molecule has 0 amide bonds. The lowest BCUT2D eigenvalue weighted by Gasteiger charge is -2.32. The van der Waals surface area contributed by atoms with Gasteiger partial charge in [0.15, 0.2) is 0 Å². The molecule has 0 aliphatic rings. The summed E-state index contributed by atoms with van der Waals surface area (Å²) < 4.78 is 16.2. The lowest BCUT2D eigenvalue weighted by molar-refractivity contribution is 0.171. The minimum atomic E-state index is 0.0892. The molecule has 5 nitrogen and oxygen atoms in total. The van der Waals surface area contributed by atoms with E-state index in [9.17, 15) is 0 Å². The summed E-state index contributed by atoms with van der Waals surface area (Å²) in [6, 6.07) is 6.06. The fourth-order valence-electron chi connectivity index (χ4n) is 2.24. The first-order chi connectivity index (χ1) is 10.0. The Labute approximate surface area is 128 Å². The normalized spacial score (nSPS) is 12.5. The highest BCUT2D eigenvalue weighted by Crippen LogP contribution is 2.33. The third-order valence-corrected chi connectivity index (χ3v) is 3.19. The predicted molar refractivity (Wildman–Crippen MR) is 87.2 cm³/mol. The Hall–Kier alpha value is -1.46. The van der Waals surface area contributed by atoms with E-state index in [2.05, 4.69) is 11.8 Å². The van der Waals surface area contributed by atoms with Crippen LogP contribution in [0.2, 0.25) is 0 Å². The van der Waals surface area contributed by atoms with Crippen LogP contribution >= 0.6 is 0 Å². The van der Waals surface area contributed by atoms with Crippen molar-refractivity contribution in [1.29, 1.82) is 0 Å². The second-order valence-electron chi connectivity index (χ2n) is 5.35. The van der Waals surface area contributed by atoms with Crippen molar-refractivity contribution in [3.05, 3.63) is 18.2 Å². The summed E-state index contributed by atoms with van der Waals surface area (Å²) in [5.41, 5.74) is 7.90. The van der Waals surface area contributed by atoms with Crippen molar-refractivity contribution >= 4 is 11.4 Å². The molecule has 1 aromatic rings. The molecule has 1 aromatic carbocycles. The summed E-state index contributed by atoms with van der Waals surface area (Å²) in [6.45, 7) is 8.08. The zero-order valence-corrected chi connectivity index (χ0v) is 13.8. The van der Waals surface area contributed by atoms with Gasteiger partial charge in [0.25, 0.3) is 0 Å². The van der Waals surface area contributed by atoms with Crippen LogP contribution in [0.3, 0.4) is 0 Å². The molecule has 120 valence electrons. The lowest BCUT2D eigenvalue weighted by Crippen LogP contribution is -2.39. The first kappa shape index (κ1) is 17.6. The van der Waals surface area contributed by atoms with Gasteiger partial charge in [-0.15, -0.1) is 0 Å². The largest absolute Gasteiger partial charge is 0.489 e. The maximum Gasteiger partial charge on any atom is 0.144 e. The van der Waals surface area contributed by atoms with E-state index in [0.29, 0.717) is 18.9 Å². The van der Waals surface area contributed by atoms with E-state index in [-0.39, 0.29) is 12.1 Å². The number of ether oxygens (including phenoxy) is 3. The summed E-state index contributed by atoms with van der Waals surface area (Å²) in [7, 11) is 3.40. The molecule has 21 heavy (non-hydrogen) atoms. The van der Waals surface area contributed by atoms with E-state index in [0.717, 1.165) is 18.0 Å². The topological polar surface area (TPSA) is 57.0 Å². The average Bonchev–Trinajstić information content (AvgIpc) is 2.43. The molecule has 1 unspecified atom stereocenters. The quantitative estimate of drug-likeness (QED) is 0.710. The Kier molecular flexibility index (Phi) is 7.32. The fourth-order valence-corrected chi connectivity index (χ4v) is 2.24. The van der Waals surface area contributed by atoms with Crippen molar-refractivity contribution in [2.75, 3.05) is 44.6 Å². The van der Waals surface area contributed by atoms with Gasteiger partial charge in [-0.2, -0.15) is 0 Å². The molecule has 0 aliphatic heterocycles. The number of anilines is 2. The number of methoxy groups -OCH3 is 2. The molecule has 2 N–H and O–H groups in total. The molecule has 0 heterocycles. The third-order valence-electron chi connectivity index (χ3n) is 3.19. The highest BCUT2D eigenvalue weighted by Gasteiger charge is 2.19. The van der Waals surface area contributed by atoms with Crippen LogP contribution in [0.5, 0.6) is 5.75 Å². The van der Waals surface area contributed by atoms with Gasteiger partial charge in [-0.25, -0.2) is 0 Å². The molecule has 0 saturated carbocycles. The van der Waals surface area contributed by atoms with Crippen LogP contribution < -0.4 is 15.4 Å². The average molecular weight is 296 g/mol. The molecule has 0 spiro atoms. The van der Waals surface area contributed by atoms with E-state index in [1.54, 1.807) is 14.2 Å². The van der Waals surface area contributed by atoms with Crippen LogP contribution in [0.25, 0.3) is 0 Å². The molecule has 0 radical (unpaired) electrons. The van der Waals surface area contributed by atoms with Crippen LogP contribution in [0.1, 0.15) is 20.8 Å². The van der Waals surface area contributed by atoms with Gasteiger partial charge in [-0.1, -0.05) is 6.07 Å². The van der Waals surface area contributed by atoms with Gasteiger partial charge in [-0.05, 0) is 32.9 Å². The first-order valence-electron chi connectivity index (χ1n) is 7.30. The summed E-state index contributed by atoms with van der Waals surface area (Å²) in [4.78, 5) is 2.19. The van der Waals surface area contributed by atoms with Crippen molar-refractivity contribution < 1.29 is 14.2 Å². The van der Waals surface area contributed by atoms with Crippen LogP contribution in [0.4, 0.5) is 11.4 Å². The number of nitrogens with two attached hydrogens (primary N) is 1. The molecule has 1 atom stereocenters. The Bertz CT molecular complexity index is 424. The zero-order valence-electron chi connectivity index (χ0n) is 13.8. The molecular weight excluding hydrogens is 268 g/mol. The SMILES string of the molecule is COCCN(c1cccc(OC(C)C)c1N)C(C)COC. The molecule has 0 saturated heterocycles. The second kappa shape index (κ2) is 8.74. The minimum absolute atomic E-state index is 0.0892. The third kappa shape index (κ3) is 5.10. The minimum Gasteiger partial charge on any atom is -0.489 e. The van der Waals surface area contributed by atoms with Crippen LogP contribution in [-0.2, 0) is 9.47 Å². The van der Waals surface area contributed by atoms with Crippen molar-refractivity contribution in [2.45, 2.75) is 32.9 Å². The van der Waals surface area contributed by atoms with Crippen LogP contribution in [-0.4, -0.2) is 46.1 Å². The van der Waals surface area contributed by atoms with Crippen molar-refractivity contribution in [1.82, 2.24) is 0 Å². The Morgan fingerprint density at radius 1 is 1.14 bits per heavy atom. The zero-order chi connectivity index (χ0) is 15.8. The maximum absolute atomic E-state index is 6.29. The van der Waals surface area contributed by atoms with E-state index < -0.39 is 0 Å². The van der Waals surface area contributed by atoms with Gasteiger partial charge in [0, 0.05) is 26.8 Å². The molecule has 5 heteroatoms. The highest BCUT2D eigenvalue weighted by molar-refractivity contribution is 5.74. The lowest BCUT2D eigenvalue weighted by atomic mass is 10.2. The van der Waals surface area contributed by atoms with E-state index in [1.807, 2.05) is 32.0 Å². The van der Waals surface area contributed by atoms with Crippen molar-refractivity contribution in [2.24, 2.45) is 0 Å². The van der Waals surface area contributed by atoms with Gasteiger partial charge in [0.05, 0.1) is 30.7 Å². The highest BCUT2D eigenvalue weighted by atomic mass is 16.5. The Morgan fingerprint density at radius 2 is 1.86 bits per heavy atom. The number of para-hydroxylation sites is 1. The van der Waals surface area contributed by atoms with E-state index in [1.165, 1.54) is 0 Å². The van der Waals surface area contributed by atoms with Gasteiger partial charge in [0.2, 0.25) is 0 Å². The molecular formula is C16H28N2O3. The summed E-state index contributed by atoms with van der Waals surface area (Å²) in [6.07, 6.45) is 0.0892. The van der Waals surface area contributed by atoms with E-state index in [4.69, 9.17) is 19.9 Å². The van der Waals surface area contributed by atoms with Gasteiger partial charge >= 0.3 is 0 Å². The smallest absolute Gasteiger partial charge is 0.144 e. The number of nitrogen functional groups attached to an aromatic ring is 1. The Morgan fingerprint density at radius 3 is 2.43 bits per heavy atom. The second-order valence-corrected chi connectivity index (χ2v) is 5.35. The standard InChI is InChI=1S/C16H28N2O3/c1-12(2)21-15-8-6-7-14(16(15)17)18(9-10-19-4)13(3)11-20-5/h6-8,12-13H,9-11,17H2,1-5H3. The number of benzene rings is 1. The molecule has 1 rings (SSSR count). The van der Waals surface area contributed by atoms with Gasteiger partial charge in [-0.3, -0.25) is 0 Å². The number of hydrogen-bond donors (Lipinski definition) is 1. The molecule has 0 aromatic heterocycles. The predicted octanol–water partition coefficient (Wildman–Crippen LogP) is 2.54. The van der Waals surface area contributed by atoms with Crippen LogP contribution in [0, 0.1) is 0 Å². The van der Waals surface area contributed by atoms with E-state index >= 15 is 0 Å². The summed E-state index contributed by atoms with van der Waals surface area (Å²) in [5.74, 6) is 0.717. The fraction of sp³-hybridized carbons (Fsp3) is 0.625. The number of rotatable bonds is 9. The molecule has 0 fully saturated rings. The monoisotopic (exact) mass is 296 g/mol. The number of hydrogen-bond acceptors (Lipinski definition) is 5. The summed E-state index contributed by atoms with van der Waals surface area (Å²) >= 11 is 0. The molecule has 0 aliphatic carbocycles. The summed E-state index contributed by atoms with van der Waals surface area (Å²) in [5, 5.41) is 0. The Balaban J connectivity index is 3.05. The maximum atomic E-state index is 6.29. The van der Waals surface area contributed by atoms with Crippen molar-refractivity contribution in [3.8, 4) is 5.75 Å².